The zero-order valence-electron chi connectivity index (χ0n) is 14.4. The monoisotopic (exact) mass is 369 g/mol. The summed E-state index contributed by atoms with van der Waals surface area (Å²) < 4.78 is 10.2. The highest BCUT2D eigenvalue weighted by molar-refractivity contribution is 7.14. The highest BCUT2D eigenvalue weighted by Gasteiger charge is 2.14. The summed E-state index contributed by atoms with van der Waals surface area (Å²) >= 11 is 1.36. The van der Waals surface area contributed by atoms with E-state index in [9.17, 15) is 9.59 Å². The fourth-order valence-corrected chi connectivity index (χ4v) is 3.34. The molecule has 0 saturated carbocycles. The van der Waals surface area contributed by atoms with Crippen LogP contribution in [0.1, 0.15) is 32.3 Å². The largest absolute Gasteiger partial charge is 0.497 e. The Balaban J connectivity index is 1.46. The first kappa shape index (κ1) is 17.9. The zero-order chi connectivity index (χ0) is 18.4. The SMILES string of the molecule is COc1ccc(CCC(=O)NCc2ccc(C(=O)c3ccco3)s2)cc1. The van der Waals surface area contributed by atoms with Crippen LogP contribution in [-0.4, -0.2) is 18.8 Å². The third-order valence-electron chi connectivity index (χ3n) is 3.89. The van der Waals surface area contributed by atoms with Gasteiger partial charge in [-0.05, 0) is 48.4 Å². The van der Waals surface area contributed by atoms with Gasteiger partial charge >= 0.3 is 0 Å². The standard InChI is InChI=1S/C20H19NO4S/c1-24-15-7-4-14(5-8-15)6-11-19(22)21-13-16-9-10-18(26-16)20(23)17-3-2-12-25-17/h2-5,7-10,12H,6,11,13H2,1H3,(H,21,22). The van der Waals surface area contributed by atoms with Crippen LogP contribution in [0.3, 0.4) is 0 Å². The van der Waals surface area contributed by atoms with Gasteiger partial charge in [0.25, 0.3) is 0 Å². The second-order valence-corrected chi connectivity index (χ2v) is 6.87. The molecule has 0 saturated heterocycles. The molecule has 3 aromatic rings. The molecule has 1 aromatic carbocycles. The number of aryl methyl sites for hydroxylation is 1. The Labute approximate surface area is 155 Å². The van der Waals surface area contributed by atoms with Crippen LogP contribution in [0.5, 0.6) is 5.75 Å². The number of hydrogen-bond donors (Lipinski definition) is 1. The number of methoxy groups -OCH3 is 1. The number of benzene rings is 1. The van der Waals surface area contributed by atoms with E-state index in [4.69, 9.17) is 9.15 Å². The number of ether oxygens (including phenoxy) is 1. The van der Waals surface area contributed by atoms with Crippen molar-refractivity contribution in [2.24, 2.45) is 0 Å². The van der Waals surface area contributed by atoms with Gasteiger partial charge in [0.1, 0.15) is 5.75 Å². The van der Waals surface area contributed by atoms with Gasteiger partial charge in [-0.1, -0.05) is 12.1 Å². The van der Waals surface area contributed by atoms with Gasteiger partial charge in [-0.25, -0.2) is 0 Å². The molecule has 1 amide bonds. The van der Waals surface area contributed by atoms with Crippen LogP contribution >= 0.6 is 11.3 Å². The Morgan fingerprint density at radius 3 is 2.62 bits per heavy atom. The number of thiophene rings is 1. The Bertz CT molecular complexity index is 866. The van der Waals surface area contributed by atoms with E-state index in [0.29, 0.717) is 30.0 Å². The minimum atomic E-state index is -0.142. The molecular formula is C20H19NO4S. The molecule has 0 spiro atoms. The van der Waals surface area contributed by atoms with Crippen molar-refractivity contribution >= 4 is 23.0 Å². The predicted molar refractivity (Wildman–Crippen MR) is 99.6 cm³/mol. The van der Waals surface area contributed by atoms with Gasteiger partial charge in [0.15, 0.2) is 5.76 Å². The second kappa shape index (κ2) is 8.49. The lowest BCUT2D eigenvalue weighted by Gasteiger charge is -2.05. The summed E-state index contributed by atoms with van der Waals surface area (Å²) in [7, 11) is 1.63. The molecule has 134 valence electrons. The van der Waals surface area contributed by atoms with Crippen LogP contribution in [0.15, 0.2) is 59.2 Å². The Hall–Kier alpha value is -2.86. The average molecular weight is 369 g/mol. The Morgan fingerprint density at radius 1 is 1.12 bits per heavy atom. The van der Waals surface area contributed by atoms with Crippen molar-refractivity contribution < 1.29 is 18.7 Å². The van der Waals surface area contributed by atoms with Gasteiger partial charge in [-0.15, -0.1) is 11.3 Å². The summed E-state index contributed by atoms with van der Waals surface area (Å²) in [6.45, 7) is 0.414. The highest BCUT2D eigenvalue weighted by atomic mass is 32.1. The van der Waals surface area contributed by atoms with Crippen molar-refractivity contribution in [3.8, 4) is 5.75 Å². The fourth-order valence-electron chi connectivity index (χ4n) is 2.45. The molecular weight excluding hydrogens is 350 g/mol. The molecule has 0 unspecified atom stereocenters. The molecule has 0 atom stereocenters. The van der Waals surface area contributed by atoms with Crippen molar-refractivity contribution in [3.05, 3.63) is 75.9 Å². The molecule has 0 radical (unpaired) electrons. The molecule has 0 bridgehead atoms. The highest BCUT2D eigenvalue weighted by Crippen LogP contribution is 2.20. The average Bonchev–Trinajstić information content (AvgIpc) is 3.36. The van der Waals surface area contributed by atoms with Crippen LogP contribution in [0.4, 0.5) is 0 Å². The van der Waals surface area contributed by atoms with Gasteiger partial charge in [-0.3, -0.25) is 9.59 Å². The van der Waals surface area contributed by atoms with Crippen LogP contribution in [0.2, 0.25) is 0 Å². The summed E-state index contributed by atoms with van der Waals surface area (Å²) in [4.78, 5) is 25.7. The number of furan rings is 1. The maximum absolute atomic E-state index is 12.2. The fraction of sp³-hybridized carbons (Fsp3) is 0.200. The summed E-state index contributed by atoms with van der Waals surface area (Å²) in [5.41, 5.74) is 1.09. The van der Waals surface area contributed by atoms with Crippen LogP contribution in [-0.2, 0) is 17.8 Å². The molecule has 0 fully saturated rings. The summed E-state index contributed by atoms with van der Waals surface area (Å²) in [6, 6.07) is 14.6. The van der Waals surface area contributed by atoms with Crippen molar-refractivity contribution in [2.75, 3.05) is 7.11 Å². The lowest BCUT2D eigenvalue weighted by atomic mass is 10.1. The molecule has 0 aliphatic heterocycles. The quantitative estimate of drug-likeness (QED) is 0.613. The summed E-state index contributed by atoms with van der Waals surface area (Å²) in [5, 5.41) is 2.89. The van der Waals surface area contributed by atoms with Crippen LogP contribution in [0.25, 0.3) is 0 Å². The number of nitrogens with one attached hydrogen (secondary N) is 1. The second-order valence-electron chi connectivity index (χ2n) is 5.70. The van der Waals surface area contributed by atoms with E-state index >= 15 is 0 Å². The van der Waals surface area contributed by atoms with E-state index < -0.39 is 0 Å². The van der Waals surface area contributed by atoms with E-state index in [2.05, 4.69) is 5.32 Å². The third-order valence-corrected chi connectivity index (χ3v) is 4.97. The van der Waals surface area contributed by atoms with Crippen molar-refractivity contribution in [2.45, 2.75) is 19.4 Å². The van der Waals surface area contributed by atoms with E-state index in [1.54, 1.807) is 25.3 Å². The minimum Gasteiger partial charge on any atom is -0.497 e. The molecule has 3 rings (SSSR count). The normalized spacial score (nSPS) is 10.5. The van der Waals surface area contributed by atoms with Crippen LogP contribution in [0, 0.1) is 0 Å². The first-order valence-corrected chi connectivity index (χ1v) is 9.04. The van der Waals surface area contributed by atoms with Gasteiger partial charge in [0, 0.05) is 11.3 Å². The topological polar surface area (TPSA) is 68.5 Å². The third kappa shape index (κ3) is 4.61. The maximum Gasteiger partial charge on any atom is 0.238 e. The molecule has 1 N–H and O–H groups in total. The first-order chi connectivity index (χ1) is 12.7. The van der Waals surface area contributed by atoms with Gasteiger partial charge in [0.05, 0.1) is 24.8 Å². The maximum atomic E-state index is 12.2. The molecule has 2 aromatic heterocycles. The van der Waals surface area contributed by atoms with E-state index in [-0.39, 0.29) is 11.7 Å². The number of amides is 1. The molecule has 2 heterocycles. The summed E-state index contributed by atoms with van der Waals surface area (Å²) in [5.74, 6) is 0.961. The molecule has 5 nitrogen and oxygen atoms in total. The number of rotatable bonds is 8. The van der Waals surface area contributed by atoms with E-state index in [0.717, 1.165) is 16.2 Å². The predicted octanol–water partition coefficient (Wildman–Crippen LogP) is 3.83. The Kier molecular flexibility index (Phi) is 5.86. The number of carbonyl (C=O) groups is 2. The number of carbonyl (C=O) groups excluding carboxylic acids is 2. The lowest BCUT2D eigenvalue weighted by molar-refractivity contribution is -0.121. The van der Waals surface area contributed by atoms with Gasteiger partial charge < -0.3 is 14.5 Å². The number of ketones is 1. The van der Waals surface area contributed by atoms with Gasteiger partial charge in [0.2, 0.25) is 11.7 Å². The Morgan fingerprint density at radius 2 is 1.92 bits per heavy atom. The number of hydrogen-bond acceptors (Lipinski definition) is 5. The molecule has 0 aliphatic carbocycles. The summed E-state index contributed by atoms with van der Waals surface area (Å²) in [6.07, 6.45) is 2.56. The minimum absolute atomic E-state index is 0.0203. The van der Waals surface area contributed by atoms with Crippen LogP contribution < -0.4 is 10.1 Å². The van der Waals surface area contributed by atoms with Crippen molar-refractivity contribution in [3.63, 3.8) is 0 Å². The van der Waals surface area contributed by atoms with Crippen molar-refractivity contribution in [1.29, 1.82) is 0 Å². The lowest BCUT2D eigenvalue weighted by Crippen LogP contribution is -2.22. The first-order valence-electron chi connectivity index (χ1n) is 8.22. The zero-order valence-corrected chi connectivity index (χ0v) is 15.2. The smallest absolute Gasteiger partial charge is 0.238 e. The van der Waals surface area contributed by atoms with E-state index in [1.165, 1.54) is 17.6 Å². The van der Waals surface area contributed by atoms with Crippen molar-refractivity contribution in [1.82, 2.24) is 5.32 Å². The molecule has 26 heavy (non-hydrogen) atoms. The molecule has 0 aliphatic rings. The van der Waals surface area contributed by atoms with E-state index in [1.807, 2.05) is 30.3 Å². The molecule has 6 heteroatoms. The van der Waals surface area contributed by atoms with Gasteiger partial charge in [-0.2, -0.15) is 0 Å².